The third-order valence-electron chi connectivity index (χ3n) is 4.05. The van der Waals surface area contributed by atoms with E-state index in [1.165, 1.54) is 23.4 Å². The molecular weight excluding hydrogens is 308 g/mol. The van der Waals surface area contributed by atoms with Gasteiger partial charge in [-0.05, 0) is 17.7 Å². The minimum Gasteiger partial charge on any atom is -0.493 e. The predicted octanol–water partition coefficient (Wildman–Crippen LogP) is 1.77. The summed E-state index contributed by atoms with van der Waals surface area (Å²) in [6.07, 6.45) is 0. The first-order valence-corrected chi connectivity index (χ1v) is 7.47. The van der Waals surface area contributed by atoms with E-state index in [1.54, 1.807) is 19.2 Å². The van der Waals surface area contributed by atoms with Gasteiger partial charge in [0.2, 0.25) is 0 Å². The van der Waals surface area contributed by atoms with Crippen LogP contribution >= 0.6 is 0 Å². The van der Waals surface area contributed by atoms with Crippen molar-refractivity contribution in [3.8, 4) is 11.5 Å². The van der Waals surface area contributed by atoms with Gasteiger partial charge in [0.1, 0.15) is 5.39 Å². The Morgan fingerprint density at radius 1 is 0.958 bits per heavy atom. The zero-order chi connectivity index (χ0) is 17.3. The molecule has 1 heterocycles. The summed E-state index contributed by atoms with van der Waals surface area (Å²) in [5.74, 6) is 0.782. The number of methoxy groups -OCH3 is 2. The second-order valence-electron chi connectivity index (χ2n) is 5.41. The first-order chi connectivity index (χ1) is 11.6. The molecule has 0 N–H and O–H groups in total. The summed E-state index contributed by atoms with van der Waals surface area (Å²) < 4.78 is 13.3. The van der Waals surface area contributed by atoms with Gasteiger partial charge in [-0.15, -0.1) is 0 Å². The lowest BCUT2D eigenvalue weighted by Crippen LogP contribution is -2.39. The third kappa shape index (κ3) is 2.46. The maximum absolute atomic E-state index is 13.0. The van der Waals surface area contributed by atoms with Crippen LogP contribution in [0.25, 0.3) is 10.9 Å². The van der Waals surface area contributed by atoms with E-state index < -0.39 is 5.56 Å². The van der Waals surface area contributed by atoms with Crippen LogP contribution in [0.5, 0.6) is 11.5 Å². The molecule has 6 heteroatoms. The molecule has 0 amide bonds. The van der Waals surface area contributed by atoms with Crippen molar-refractivity contribution in [1.29, 1.82) is 0 Å². The molecule has 0 bridgehead atoms. The van der Waals surface area contributed by atoms with Gasteiger partial charge in [0.05, 0.1) is 26.3 Å². The first-order valence-electron chi connectivity index (χ1n) is 7.47. The van der Waals surface area contributed by atoms with Gasteiger partial charge in [-0.1, -0.05) is 30.3 Å². The second kappa shape index (κ2) is 6.23. The fourth-order valence-electron chi connectivity index (χ4n) is 2.81. The van der Waals surface area contributed by atoms with Gasteiger partial charge in [0.25, 0.3) is 5.56 Å². The Labute approximate surface area is 138 Å². The summed E-state index contributed by atoms with van der Waals surface area (Å²) in [5, 5.41) is 0.329. The van der Waals surface area contributed by atoms with E-state index in [1.807, 2.05) is 30.3 Å². The fraction of sp³-hybridized carbons (Fsp3) is 0.222. The van der Waals surface area contributed by atoms with Gasteiger partial charge >= 0.3 is 5.69 Å². The number of hydrogen-bond acceptors (Lipinski definition) is 4. The topological polar surface area (TPSA) is 62.5 Å². The molecule has 0 aliphatic heterocycles. The van der Waals surface area contributed by atoms with Crippen LogP contribution < -0.4 is 20.7 Å². The molecule has 124 valence electrons. The number of hydrogen-bond donors (Lipinski definition) is 0. The maximum Gasteiger partial charge on any atom is 0.331 e. The van der Waals surface area contributed by atoms with Crippen LogP contribution in [-0.4, -0.2) is 23.4 Å². The average Bonchev–Trinajstić information content (AvgIpc) is 2.62. The molecule has 0 saturated carbocycles. The molecule has 0 radical (unpaired) electrons. The van der Waals surface area contributed by atoms with Gasteiger partial charge in [0, 0.05) is 7.05 Å². The highest BCUT2D eigenvalue weighted by Gasteiger charge is 2.18. The van der Waals surface area contributed by atoms with E-state index in [0.29, 0.717) is 22.4 Å². The van der Waals surface area contributed by atoms with Crippen molar-refractivity contribution in [1.82, 2.24) is 9.13 Å². The van der Waals surface area contributed by atoms with E-state index in [2.05, 4.69) is 0 Å². The molecule has 2 aromatic carbocycles. The van der Waals surface area contributed by atoms with Crippen LogP contribution in [0.4, 0.5) is 0 Å². The quantitative estimate of drug-likeness (QED) is 0.733. The summed E-state index contributed by atoms with van der Waals surface area (Å²) in [6, 6.07) is 12.7. The predicted molar refractivity (Wildman–Crippen MR) is 92.1 cm³/mol. The fourth-order valence-corrected chi connectivity index (χ4v) is 2.81. The van der Waals surface area contributed by atoms with Crippen molar-refractivity contribution < 1.29 is 9.47 Å². The molecule has 1 aromatic heterocycles. The lowest BCUT2D eigenvalue weighted by atomic mass is 10.2. The maximum atomic E-state index is 13.0. The zero-order valence-electron chi connectivity index (χ0n) is 13.8. The van der Waals surface area contributed by atoms with Crippen LogP contribution in [-0.2, 0) is 13.6 Å². The van der Waals surface area contributed by atoms with Gasteiger partial charge in [-0.25, -0.2) is 4.79 Å². The minimum absolute atomic E-state index is 0.197. The molecule has 3 rings (SSSR count). The summed E-state index contributed by atoms with van der Waals surface area (Å²) in [6.45, 7) is 0.197. The van der Waals surface area contributed by atoms with Crippen LogP contribution in [0.2, 0.25) is 0 Å². The van der Waals surface area contributed by atoms with Crippen LogP contribution in [0.1, 0.15) is 5.56 Å². The first kappa shape index (κ1) is 15.9. The largest absolute Gasteiger partial charge is 0.493 e. The smallest absolute Gasteiger partial charge is 0.331 e. The number of aryl methyl sites for hydroxylation is 1. The lowest BCUT2D eigenvalue weighted by Gasteiger charge is -2.15. The minimum atomic E-state index is -0.396. The van der Waals surface area contributed by atoms with Gasteiger partial charge in [-0.2, -0.15) is 0 Å². The molecule has 0 aliphatic carbocycles. The SMILES string of the molecule is COc1ccc2c(c1OC)c(=O)n(Cc1ccccc1)c(=O)n2C. The number of ether oxygens (including phenoxy) is 2. The number of fused-ring (bicyclic) bond motifs is 1. The molecule has 6 nitrogen and oxygen atoms in total. The Morgan fingerprint density at radius 2 is 1.67 bits per heavy atom. The van der Waals surface area contributed by atoms with Crippen molar-refractivity contribution in [3.05, 3.63) is 68.9 Å². The molecule has 0 unspecified atom stereocenters. The highest BCUT2D eigenvalue weighted by atomic mass is 16.5. The van der Waals surface area contributed by atoms with Gasteiger partial charge < -0.3 is 9.47 Å². The average molecular weight is 326 g/mol. The van der Waals surface area contributed by atoms with E-state index in [9.17, 15) is 9.59 Å². The Morgan fingerprint density at radius 3 is 2.29 bits per heavy atom. The number of aromatic nitrogens is 2. The molecule has 0 aliphatic rings. The van der Waals surface area contributed by atoms with Crippen molar-refractivity contribution in [2.75, 3.05) is 14.2 Å². The molecule has 3 aromatic rings. The molecule has 0 fully saturated rings. The summed E-state index contributed by atoms with van der Waals surface area (Å²) in [7, 11) is 4.62. The Kier molecular flexibility index (Phi) is 4.12. The Hall–Kier alpha value is -3.02. The molecule has 0 saturated heterocycles. The molecule has 0 atom stereocenters. The number of benzene rings is 2. The summed E-state index contributed by atoms with van der Waals surface area (Å²) in [5.41, 5.74) is 0.612. The van der Waals surface area contributed by atoms with E-state index in [0.717, 1.165) is 5.56 Å². The Bertz CT molecular complexity index is 1000. The van der Waals surface area contributed by atoms with Crippen LogP contribution in [0, 0.1) is 0 Å². The monoisotopic (exact) mass is 326 g/mol. The highest BCUT2D eigenvalue weighted by molar-refractivity contribution is 5.87. The van der Waals surface area contributed by atoms with E-state index >= 15 is 0 Å². The van der Waals surface area contributed by atoms with Gasteiger partial charge in [0.15, 0.2) is 11.5 Å². The third-order valence-corrected chi connectivity index (χ3v) is 4.05. The van der Waals surface area contributed by atoms with Crippen LogP contribution in [0.15, 0.2) is 52.1 Å². The normalized spacial score (nSPS) is 10.8. The van der Waals surface area contributed by atoms with Crippen molar-refractivity contribution in [3.63, 3.8) is 0 Å². The highest BCUT2D eigenvalue weighted by Crippen LogP contribution is 2.32. The number of nitrogens with zero attached hydrogens (tertiary/aromatic N) is 2. The van der Waals surface area contributed by atoms with Gasteiger partial charge in [-0.3, -0.25) is 13.9 Å². The molecule has 24 heavy (non-hydrogen) atoms. The van der Waals surface area contributed by atoms with E-state index in [4.69, 9.17) is 9.47 Å². The summed E-state index contributed by atoms with van der Waals surface area (Å²) in [4.78, 5) is 25.6. The Balaban J connectivity index is 2.35. The second-order valence-corrected chi connectivity index (χ2v) is 5.41. The zero-order valence-corrected chi connectivity index (χ0v) is 13.8. The molecule has 0 spiro atoms. The lowest BCUT2D eigenvalue weighted by molar-refractivity contribution is 0.358. The standard InChI is InChI=1S/C18H18N2O4/c1-19-13-9-10-14(23-2)16(24-3)15(13)17(21)20(18(19)22)11-12-7-5-4-6-8-12/h4-10H,11H2,1-3H3. The van der Waals surface area contributed by atoms with E-state index in [-0.39, 0.29) is 12.2 Å². The number of rotatable bonds is 4. The van der Waals surface area contributed by atoms with Crippen molar-refractivity contribution in [2.45, 2.75) is 6.54 Å². The van der Waals surface area contributed by atoms with Crippen molar-refractivity contribution in [2.24, 2.45) is 7.05 Å². The van der Waals surface area contributed by atoms with Crippen molar-refractivity contribution >= 4 is 10.9 Å². The van der Waals surface area contributed by atoms with Crippen LogP contribution in [0.3, 0.4) is 0 Å². The summed E-state index contributed by atoms with van der Waals surface area (Å²) >= 11 is 0. The molecular formula is C18H18N2O4.